The number of benzene rings is 2. The van der Waals surface area contributed by atoms with E-state index >= 15 is 0 Å². The minimum atomic E-state index is -4.50. The average molecular weight is 379 g/mol. The molecule has 0 aliphatic heterocycles. The number of para-hydroxylation sites is 2. The van der Waals surface area contributed by atoms with Crippen LogP contribution in [0.4, 0.5) is 24.5 Å². The molecule has 0 aliphatic carbocycles. The largest absolute Gasteiger partial charge is 0.405 e. The highest BCUT2D eigenvalue weighted by Gasteiger charge is 2.28. The van der Waals surface area contributed by atoms with E-state index in [0.29, 0.717) is 5.69 Å². The van der Waals surface area contributed by atoms with Gasteiger partial charge in [0.2, 0.25) is 5.91 Å². The SMILES string of the molecule is CCc1ccccc1NC(=O)CNc1ccccc1C(=O)NCC(F)(F)F. The molecule has 0 spiro atoms. The maximum Gasteiger partial charge on any atom is 0.405 e. The molecule has 0 fully saturated rings. The smallest absolute Gasteiger partial charge is 0.376 e. The summed E-state index contributed by atoms with van der Waals surface area (Å²) in [7, 11) is 0. The van der Waals surface area contributed by atoms with Crippen molar-refractivity contribution in [3.8, 4) is 0 Å². The molecule has 2 rings (SSSR count). The summed E-state index contributed by atoms with van der Waals surface area (Å²) >= 11 is 0. The van der Waals surface area contributed by atoms with E-state index in [2.05, 4.69) is 10.6 Å². The molecule has 5 nitrogen and oxygen atoms in total. The standard InChI is InChI=1S/C19H20F3N3O2/c1-2-13-7-3-5-9-15(13)25-17(26)11-23-16-10-6-4-8-14(16)18(27)24-12-19(20,21)22/h3-10,23H,2,11-12H2,1H3,(H,24,27)(H,25,26). The predicted molar refractivity (Wildman–Crippen MR) is 97.8 cm³/mol. The molecule has 2 amide bonds. The van der Waals surface area contributed by atoms with Crippen LogP contribution in [0.1, 0.15) is 22.8 Å². The van der Waals surface area contributed by atoms with Crippen LogP contribution in [0.3, 0.4) is 0 Å². The molecule has 2 aromatic carbocycles. The summed E-state index contributed by atoms with van der Waals surface area (Å²) in [6.45, 7) is 0.412. The third-order valence-corrected chi connectivity index (χ3v) is 3.73. The first-order valence-corrected chi connectivity index (χ1v) is 8.35. The van der Waals surface area contributed by atoms with Crippen LogP contribution in [-0.2, 0) is 11.2 Å². The normalized spacial score (nSPS) is 11.0. The van der Waals surface area contributed by atoms with Crippen LogP contribution in [0.2, 0.25) is 0 Å². The molecule has 0 saturated heterocycles. The maximum atomic E-state index is 12.3. The summed E-state index contributed by atoms with van der Waals surface area (Å²) in [6, 6.07) is 13.4. The first-order valence-electron chi connectivity index (χ1n) is 8.35. The Labute approximate surface area is 155 Å². The highest BCUT2D eigenvalue weighted by atomic mass is 19.4. The van der Waals surface area contributed by atoms with Crippen LogP contribution >= 0.6 is 0 Å². The lowest BCUT2D eigenvalue weighted by Crippen LogP contribution is -2.34. The van der Waals surface area contributed by atoms with Gasteiger partial charge in [-0.15, -0.1) is 0 Å². The summed E-state index contributed by atoms with van der Waals surface area (Å²) in [5, 5.41) is 7.39. The fraction of sp³-hybridized carbons (Fsp3) is 0.263. The number of carbonyl (C=O) groups excluding carboxylic acids is 2. The highest BCUT2D eigenvalue weighted by Crippen LogP contribution is 2.18. The summed E-state index contributed by atoms with van der Waals surface area (Å²) in [4.78, 5) is 24.1. The van der Waals surface area contributed by atoms with Gasteiger partial charge in [-0.1, -0.05) is 37.3 Å². The maximum absolute atomic E-state index is 12.3. The number of alkyl halides is 3. The van der Waals surface area contributed by atoms with Crippen LogP contribution in [0, 0.1) is 0 Å². The second kappa shape index (κ2) is 9.07. The number of halogens is 3. The molecule has 0 saturated carbocycles. The fourth-order valence-corrected chi connectivity index (χ4v) is 2.43. The van der Waals surface area contributed by atoms with Crippen LogP contribution in [0.25, 0.3) is 0 Å². The van der Waals surface area contributed by atoms with Crippen LogP contribution in [0.5, 0.6) is 0 Å². The van der Waals surface area contributed by atoms with E-state index in [1.54, 1.807) is 12.1 Å². The molecular weight excluding hydrogens is 359 g/mol. The van der Waals surface area contributed by atoms with Crippen molar-refractivity contribution in [2.75, 3.05) is 23.7 Å². The summed E-state index contributed by atoms with van der Waals surface area (Å²) in [5.41, 5.74) is 1.99. The Morgan fingerprint density at radius 2 is 1.59 bits per heavy atom. The van der Waals surface area contributed by atoms with Gasteiger partial charge in [0.1, 0.15) is 6.54 Å². The third-order valence-electron chi connectivity index (χ3n) is 3.73. The zero-order valence-corrected chi connectivity index (χ0v) is 14.7. The molecule has 0 aromatic heterocycles. The van der Waals surface area contributed by atoms with Gasteiger partial charge in [-0.3, -0.25) is 9.59 Å². The number of nitrogens with one attached hydrogen (secondary N) is 3. The lowest BCUT2D eigenvalue weighted by atomic mass is 10.1. The lowest BCUT2D eigenvalue weighted by Gasteiger charge is -2.14. The van der Waals surface area contributed by atoms with Crippen molar-refractivity contribution in [1.82, 2.24) is 5.32 Å². The van der Waals surface area contributed by atoms with E-state index in [4.69, 9.17) is 0 Å². The van der Waals surface area contributed by atoms with Gasteiger partial charge in [-0.25, -0.2) is 0 Å². The molecule has 0 aliphatic rings. The number of anilines is 2. The van der Waals surface area contributed by atoms with E-state index in [9.17, 15) is 22.8 Å². The average Bonchev–Trinajstić information content (AvgIpc) is 2.64. The predicted octanol–water partition coefficient (Wildman–Crippen LogP) is 3.59. The summed E-state index contributed by atoms with van der Waals surface area (Å²) in [5.74, 6) is -1.20. The number of rotatable bonds is 7. The Balaban J connectivity index is 1.99. The number of carbonyl (C=O) groups is 2. The van der Waals surface area contributed by atoms with Crippen molar-refractivity contribution in [3.63, 3.8) is 0 Å². The molecule has 0 bridgehead atoms. The van der Waals surface area contributed by atoms with E-state index < -0.39 is 18.6 Å². The van der Waals surface area contributed by atoms with Crippen LogP contribution < -0.4 is 16.0 Å². The van der Waals surface area contributed by atoms with Crippen molar-refractivity contribution in [2.45, 2.75) is 19.5 Å². The number of hydrogen-bond acceptors (Lipinski definition) is 3. The quantitative estimate of drug-likeness (QED) is 0.689. The molecule has 0 atom stereocenters. The van der Waals surface area contributed by atoms with Gasteiger partial charge in [0.25, 0.3) is 5.91 Å². The van der Waals surface area contributed by atoms with Crippen molar-refractivity contribution in [3.05, 3.63) is 59.7 Å². The fourth-order valence-electron chi connectivity index (χ4n) is 2.43. The molecule has 144 valence electrons. The number of amides is 2. The van der Waals surface area contributed by atoms with Crippen molar-refractivity contribution in [1.29, 1.82) is 0 Å². The van der Waals surface area contributed by atoms with Gasteiger partial charge in [0.05, 0.1) is 12.1 Å². The minimum absolute atomic E-state index is 0.0310. The molecule has 0 radical (unpaired) electrons. The van der Waals surface area contributed by atoms with E-state index in [1.165, 1.54) is 18.2 Å². The topological polar surface area (TPSA) is 70.2 Å². The van der Waals surface area contributed by atoms with Crippen molar-refractivity contribution < 1.29 is 22.8 Å². The highest BCUT2D eigenvalue weighted by molar-refractivity contribution is 6.01. The Morgan fingerprint density at radius 1 is 0.963 bits per heavy atom. The second-order valence-electron chi connectivity index (χ2n) is 5.76. The number of aryl methyl sites for hydroxylation is 1. The van der Waals surface area contributed by atoms with Crippen LogP contribution in [0.15, 0.2) is 48.5 Å². The van der Waals surface area contributed by atoms with E-state index in [-0.39, 0.29) is 23.7 Å². The molecule has 0 heterocycles. The van der Waals surface area contributed by atoms with Gasteiger partial charge in [0.15, 0.2) is 0 Å². The molecule has 0 unspecified atom stereocenters. The third kappa shape index (κ3) is 6.32. The zero-order valence-electron chi connectivity index (χ0n) is 14.7. The van der Waals surface area contributed by atoms with E-state index in [1.807, 2.05) is 30.4 Å². The summed E-state index contributed by atoms with van der Waals surface area (Å²) < 4.78 is 36.8. The molecular formula is C19H20F3N3O2. The van der Waals surface area contributed by atoms with Crippen LogP contribution in [-0.4, -0.2) is 31.1 Å². The van der Waals surface area contributed by atoms with Gasteiger partial charge in [-0.05, 0) is 30.2 Å². The number of hydrogen-bond donors (Lipinski definition) is 3. The molecule has 2 aromatic rings. The van der Waals surface area contributed by atoms with Crippen molar-refractivity contribution in [2.24, 2.45) is 0 Å². The van der Waals surface area contributed by atoms with Gasteiger partial charge in [0, 0.05) is 11.4 Å². The minimum Gasteiger partial charge on any atom is -0.376 e. The monoisotopic (exact) mass is 379 g/mol. The summed E-state index contributed by atoms with van der Waals surface area (Å²) in [6.07, 6.45) is -3.74. The zero-order chi connectivity index (χ0) is 19.9. The lowest BCUT2D eigenvalue weighted by molar-refractivity contribution is -0.123. The van der Waals surface area contributed by atoms with Crippen molar-refractivity contribution >= 4 is 23.2 Å². The molecule has 3 N–H and O–H groups in total. The molecule has 8 heteroatoms. The Kier molecular flexibility index (Phi) is 6.81. The van der Waals surface area contributed by atoms with Gasteiger partial charge < -0.3 is 16.0 Å². The van der Waals surface area contributed by atoms with Gasteiger partial charge >= 0.3 is 6.18 Å². The first-order chi connectivity index (χ1) is 12.8. The molecule has 27 heavy (non-hydrogen) atoms. The Hall–Kier alpha value is -3.03. The van der Waals surface area contributed by atoms with Gasteiger partial charge in [-0.2, -0.15) is 13.2 Å². The second-order valence-corrected chi connectivity index (χ2v) is 5.76. The first kappa shape index (κ1) is 20.3. The Bertz CT molecular complexity index is 807. The Morgan fingerprint density at radius 3 is 2.26 bits per heavy atom. The van der Waals surface area contributed by atoms with E-state index in [0.717, 1.165) is 12.0 Å².